The summed E-state index contributed by atoms with van der Waals surface area (Å²) in [5.41, 5.74) is -3.45. The number of rotatable bonds is 5. The van der Waals surface area contributed by atoms with Crippen molar-refractivity contribution in [2.24, 2.45) is 0 Å². The van der Waals surface area contributed by atoms with Crippen molar-refractivity contribution >= 4 is 40.7 Å². The quantitative estimate of drug-likeness (QED) is 0.322. The van der Waals surface area contributed by atoms with Gasteiger partial charge in [-0.2, -0.15) is 18.4 Å². The van der Waals surface area contributed by atoms with Gasteiger partial charge in [0.1, 0.15) is 28.8 Å². The summed E-state index contributed by atoms with van der Waals surface area (Å²) in [7, 11) is 0. The van der Waals surface area contributed by atoms with Gasteiger partial charge in [-0.3, -0.25) is 0 Å². The molecular weight excluding hydrogens is 459 g/mol. The number of alkyl halides is 3. The number of benzene rings is 2. The van der Waals surface area contributed by atoms with Crippen molar-refractivity contribution in [2.75, 3.05) is 5.32 Å². The van der Waals surface area contributed by atoms with Crippen LogP contribution in [0.1, 0.15) is 11.3 Å². The lowest BCUT2D eigenvalue weighted by molar-refractivity contribution is -0.0896. The molecule has 3 aromatic rings. The van der Waals surface area contributed by atoms with E-state index in [4.69, 9.17) is 33.1 Å². The molecule has 0 radical (unpaired) electrons. The summed E-state index contributed by atoms with van der Waals surface area (Å²) in [6, 6.07) is 10.8. The highest BCUT2D eigenvalue weighted by molar-refractivity contribution is 6.33. The predicted molar refractivity (Wildman–Crippen MR) is 108 cm³/mol. The Morgan fingerprint density at radius 1 is 1.19 bits per heavy atom. The Morgan fingerprint density at radius 2 is 1.90 bits per heavy atom. The molecule has 0 aliphatic rings. The molecule has 0 aliphatic carbocycles. The number of aromatic nitrogens is 1. The third kappa shape index (κ3) is 4.55. The Hall–Kier alpha value is -3.35. The number of hydrogen-bond donors (Lipinski definition) is 2. The monoisotopic (exact) mass is 468 g/mol. The number of halogens is 6. The third-order valence-electron chi connectivity index (χ3n) is 4.04. The molecule has 1 aromatic heterocycles. The zero-order valence-corrected chi connectivity index (χ0v) is 16.7. The Morgan fingerprint density at radius 3 is 2.48 bits per heavy atom. The third-order valence-corrected chi connectivity index (χ3v) is 4.59. The van der Waals surface area contributed by atoms with Crippen molar-refractivity contribution in [1.29, 1.82) is 10.7 Å². The van der Waals surface area contributed by atoms with Crippen LogP contribution in [0, 0.1) is 22.6 Å². The van der Waals surface area contributed by atoms with Crippen molar-refractivity contribution in [3.8, 4) is 17.3 Å². The lowest BCUT2D eigenvalue weighted by Crippen LogP contribution is -2.21. The molecule has 0 unspecified atom stereocenters. The van der Waals surface area contributed by atoms with Gasteiger partial charge in [0.15, 0.2) is 5.76 Å². The fraction of sp³-hybridized carbons (Fsp3) is 0.0500. The summed E-state index contributed by atoms with van der Waals surface area (Å²) in [6.45, 7) is 0. The first kappa shape index (κ1) is 22.3. The zero-order valence-electron chi connectivity index (χ0n) is 15.2. The fourth-order valence-corrected chi connectivity index (χ4v) is 3.17. The van der Waals surface area contributed by atoms with E-state index in [-0.39, 0.29) is 27.0 Å². The van der Waals surface area contributed by atoms with E-state index in [1.807, 2.05) is 0 Å². The van der Waals surface area contributed by atoms with Gasteiger partial charge in [0.25, 0.3) is 0 Å². The van der Waals surface area contributed by atoms with Crippen LogP contribution in [0.3, 0.4) is 0 Å². The summed E-state index contributed by atoms with van der Waals surface area (Å²) in [5.74, 6) is -1.52. The number of allylic oxidation sites excluding steroid dienone is 2. The van der Waals surface area contributed by atoms with Gasteiger partial charge >= 0.3 is 6.18 Å². The Labute approximate surface area is 183 Å². The standard InChI is InChI=1S/C20H10Cl2F4N4O/c21-10-3-1-4-11(7-10)29-19(20(24,25)26)13(9-28)18-12(8-27)17(30-31-18)16-14(22)5-2-6-15(16)23/h1-7,9,28-29H/b19-13+,28-9?. The van der Waals surface area contributed by atoms with Crippen molar-refractivity contribution in [2.45, 2.75) is 6.18 Å². The number of anilines is 1. The van der Waals surface area contributed by atoms with Crippen LogP contribution < -0.4 is 5.32 Å². The first-order valence-corrected chi connectivity index (χ1v) is 9.12. The largest absolute Gasteiger partial charge is 0.432 e. The Bertz CT molecular complexity index is 1210. The first-order chi connectivity index (χ1) is 14.7. The fourth-order valence-electron chi connectivity index (χ4n) is 2.73. The molecule has 0 saturated heterocycles. The molecule has 0 atom stereocenters. The van der Waals surface area contributed by atoms with Crippen LogP contribution in [-0.4, -0.2) is 17.5 Å². The average Bonchev–Trinajstić information content (AvgIpc) is 3.10. The van der Waals surface area contributed by atoms with Gasteiger partial charge in [-0.15, -0.1) is 0 Å². The molecule has 0 amide bonds. The summed E-state index contributed by atoms with van der Waals surface area (Å²) < 4.78 is 60.8. The van der Waals surface area contributed by atoms with E-state index in [1.54, 1.807) is 6.07 Å². The minimum atomic E-state index is -4.98. The van der Waals surface area contributed by atoms with E-state index in [2.05, 4.69) is 10.5 Å². The number of nitriles is 1. The molecule has 2 aromatic carbocycles. The Kier molecular flexibility index (Phi) is 6.34. The van der Waals surface area contributed by atoms with Gasteiger partial charge in [0.05, 0.1) is 16.2 Å². The highest BCUT2D eigenvalue weighted by atomic mass is 35.5. The van der Waals surface area contributed by atoms with Gasteiger partial charge in [-0.05, 0) is 30.3 Å². The maximum absolute atomic E-state index is 14.3. The van der Waals surface area contributed by atoms with Gasteiger partial charge in [0, 0.05) is 16.9 Å². The SMILES string of the molecule is N#Cc1c(-c2c(F)cccc2Cl)noc1/C(C=N)=C(/Nc1cccc(Cl)c1)C(F)(F)F. The molecule has 2 N–H and O–H groups in total. The van der Waals surface area contributed by atoms with Crippen molar-refractivity contribution < 1.29 is 22.1 Å². The highest BCUT2D eigenvalue weighted by Crippen LogP contribution is 2.38. The van der Waals surface area contributed by atoms with Crippen LogP contribution in [0.5, 0.6) is 0 Å². The second-order valence-electron chi connectivity index (χ2n) is 6.01. The Balaban J connectivity index is 2.24. The molecule has 0 saturated carbocycles. The molecule has 0 fully saturated rings. The van der Waals surface area contributed by atoms with E-state index in [0.29, 0.717) is 6.21 Å². The summed E-state index contributed by atoms with van der Waals surface area (Å²) >= 11 is 11.8. The molecule has 3 rings (SSSR count). The maximum Gasteiger partial charge on any atom is 0.432 e. The van der Waals surface area contributed by atoms with E-state index >= 15 is 0 Å². The second kappa shape index (κ2) is 8.79. The molecule has 0 spiro atoms. The normalized spacial score (nSPS) is 12.2. The minimum Gasteiger partial charge on any atom is -0.354 e. The van der Waals surface area contributed by atoms with Crippen LogP contribution >= 0.6 is 23.2 Å². The summed E-state index contributed by atoms with van der Waals surface area (Å²) in [4.78, 5) is 0. The molecule has 5 nitrogen and oxygen atoms in total. The van der Waals surface area contributed by atoms with E-state index in [1.165, 1.54) is 36.4 Å². The van der Waals surface area contributed by atoms with Crippen molar-refractivity contribution in [1.82, 2.24) is 5.16 Å². The lowest BCUT2D eigenvalue weighted by atomic mass is 10.0. The topological polar surface area (TPSA) is 85.7 Å². The molecule has 0 bridgehead atoms. The van der Waals surface area contributed by atoms with Crippen LogP contribution in [0.4, 0.5) is 23.2 Å². The number of nitrogens with one attached hydrogen (secondary N) is 2. The molecule has 11 heteroatoms. The predicted octanol–water partition coefficient (Wildman–Crippen LogP) is 6.69. The van der Waals surface area contributed by atoms with Gasteiger partial charge in [0.2, 0.25) is 0 Å². The minimum absolute atomic E-state index is 0.0189. The second-order valence-corrected chi connectivity index (χ2v) is 6.85. The molecule has 1 heterocycles. The molecule has 31 heavy (non-hydrogen) atoms. The van der Waals surface area contributed by atoms with E-state index in [9.17, 15) is 22.8 Å². The van der Waals surface area contributed by atoms with Gasteiger partial charge in [-0.25, -0.2) is 4.39 Å². The maximum atomic E-state index is 14.3. The van der Waals surface area contributed by atoms with Crippen LogP contribution in [0.25, 0.3) is 16.8 Å². The molecule has 158 valence electrons. The van der Waals surface area contributed by atoms with Gasteiger partial charge in [-0.1, -0.05) is 40.5 Å². The van der Waals surface area contributed by atoms with E-state index in [0.717, 1.165) is 6.07 Å². The first-order valence-electron chi connectivity index (χ1n) is 8.36. The van der Waals surface area contributed by atoms with Gasteiger partial charge < -0.3 is 15.2 Å². The zero-order chi connectivity index (χ0) is 22.8. The molecular formula is C20H10Cl2F4N4O. The average molecular weight is 469 g/mol. The number of nitrogens with zero attached hydrogens (tertiary/aromatic N) is 2. The molecule has 0 aliphatic heterocycles. The highest BCUT2D eigenvalue weighted by Gasteiger charge is 2.39. The van der Waals surface area contributed by atoms with Crippen molar-refractivity contribution in [3.63, 3.8) is 0 Å². The summed E-state index contributed by atoms with van der Waals surface area (Å²) in [5, 5.41) is 22.9. The van der Waals surface area contributed by atoms with Crippen LogP contribution in [0.2, 0.25) is 10.0 Å². The van der Waals surface area contributed by atoms with Crippen LogP contribution in [0.15, 0.2) is 52.7 Å². The van der Waals surface area contributed by atoms with Crippen LogP contribution in [-0.2, 0) is 0 Å². The smallest absolute Gasteiger partial charge is 0.354 e. The van der Waals surface area contributed by atoms with E-state index < -0.39 is 34.6 Å². The van der Waals surface area contributed by atoms with Crippen molar-refractivity contribution in [3.05, 3.63) is 75.3 Å². The number of hydrogen-bond acceptors (Lipinski definition) is 5. The summed E-state index contributed by atoms with van der Waals surface area (Å²) in [6.07, 6.45) is -4.63. The lowest BCUT2D eigenvalue weighted by Gasteiger charge is -2.17.